The van der Waals surface area contributed by atoms with E-state index in [1.165, 1.54) is 5.57 Å². The van der Waals surface area contributed by atoms with Gasteiger partial charge in [-0.15, -0.1) is 11.8 Å². The Hall–Kier alpha value is -0.330. The Balaban J connectivity index is 1.90. The monoisotopic (exact) mass is 347 g/mol. The number of alkyl halides is 1. The largest absolute Gasteiger partial charge is 0.357 e. The number of rotatable bonds is 4. The standard InChI is InChI=1S/C13H18BrNO3S/c1-13(2,3)9(16)6-18-10-11(17)15-5-8(4-14)7-19-12(10)15/h5,10,12H,4,6-7H2,1-3H3/t10-,12-/m0/s1. The summed E-state index contributed by atoms with van der Waals surface area (Å²) in [5.74, 6) is 0.876. The average molecular weight is 348 g/mol. The van der Waals surface area contributed by atoms with E-state index in [2.05, 4.69) is 15.9 Å². The molecule has 0 aromatic heterocycles. The topological polar surface area (TPSA) is 46.6 Å². The zero-order valence-electron chi connectivity index (χ0n) is 11.3. The molecule has 0 aromatic rings. The first-order valence-corrected chi connectivity index (χ1v) is 8.36. The van der Waals surface area contributed by atoms with Crippen molar-refractivity contribution in [3.05, 3.63) is 11.8 Å². The van der Waals surface area contributed by atoms with E-state index in [0.29, 0.717) is 0 Å². The zero-order valence-corrected chi connectivity index (χ0v) is 13.7. The van der Waals surface area contributed by atoms with Crippen LogP contribution in [-0.2, 0) is 14.3 Å². The second-order valence-corrected chi connectivity index (χ2v) is 7.44. The number of fused-ring (bicyclic) bond motifs is 1. The van der Waals surface area contributed by atoms with Gasteiger partial charge in [-0.1, -0.05) is 36.7 Å². The molecular weight excluding hydrogens is 330 g/mol. The van der Waals surface area contributed by atoms with E-state index >= 15 is 0 Å². The molecular formula is C13H18BrNO3S. The lowest BCUT2D eigenvalue weighted by molar-refractivity contribution is -0.162. The highest BCUT2D eigenvalue weighted by Gasteiger charge is 2.49. The van der Waals surface area contributed by atoms with Crippen molar-refractivity contribution < 1.29 is 14.3 Å². The third kappa shape index (κ3) is 3.06. The van der Waals surface area contributed by atoms with Crippen LogP contribution in [0.1, 0.15) is 20.8 Å². The summed E-state index contributed by atoms with van der Waals surface area (Å²) in [6.07, 6.45) is 1.42. The zero-order chi connectivity index (χ0) is 14.2. The smallest absolute Gasteiger partial charge is 0.259 e. The van der Waals surface area contributed by atoms with Gasteiger partial charge in [0.25, 0.3) is 5.91 Å². The molecule has 1 saturated heterocycles. The second-order valence-electron chi connectivity index (χ2n) is 5.77. The number of halogens is 1. The van der Waals surface area contributed by atoms with Crippen molar-refractivity contribution in [1.82, 2.24) is 4.90 Å². The van der Waals surface area contributed by atoms with Crippen LogP contribution in [0.2, 0.25) is 0 Å². The van der Waals surface area contributed by atoms with Gasteiger partial charge in [-0.2, -0.15) is 0 Å². The quantitative estimate of drug-likeness (QED) is 0.577. The molecule has 106 valence electrons. The van der Waals surface area contributed by atoms with Crippen LogP contribution >= 0.6 is 27.7 Å². The number of carbonyl (C=O) groups excluding carboxylic acids is 2. The molecule has 0 unspecified atom stereocenters. The highest BCUT2D eigenvalue weighted by molar-refractivity contribution is 9.09. The van der Waals surface area contributed by atoms with Crippen molar-refractivity contribution in [1.29, 1.82) is 0 Å². The van der Waals surface area contributed by atoms with Gasteiger partial charge in [0, 0.05) is 22.7 Å². The summed E-state index contributed by atoms with van der Waals surface area (Å²) in [7, 11) is 0. The first kappa shape index (κ1) is 15.1. The maximum Gasteiger partial charge on any atom is 0.259 e. The first-order valence-electron chi connectivity index (χ1n) is 6.19. The van der Waals surface area contributed by atoms with Crippen molar-refractivity contribution in [2.45, 2.75) is 32.2 Å². The van der Waals surface area contributed by atoms with Gasteiger partial charge in [-0.3, -0.25) is 9.59 Å². The van der Waals surface area contributed by atoms with E-state index in [4.69, 9.17) is 4.74 Å². The molecule has 2 heterocycles. The molecule has 0 N–H and O–H groups in total. The lowest BCUT2D eigenvalue weighted by Crippen LogP contribution is -2.63. The SMILES string of the molecule is CC(C)(C)C(=O)CO[C@H]1C(=O)N2C=C(CBr)CS[C@@H]12. The second kappa shape index (κ2) is 5.58. The van der Waals surface area contributed by atoms with E-state index in [1.807, 2.05) is 27.0 Å². The van der Waals surface area contributed by atoms with Gasteiger partial charge in [0.2, 0.25) is 0 Å². The summed E-state index contributed by atoms with van der Waals surface area (Å²) in [6, 6.07) is 0. The van der Waals surface area contributed by atoms with Crippen molar-refractivity contribution in [3.8, 4) is 0 Å². The number of hydrogen-bond acceptors (Lipinski definition) is 4. The molecule has 0 bridgehead atoms. The van der Waals surface area contributed by atoms with Gasteiger partial charge in [0.05, 0.1) is 0 Å². The fourth-order valence-electron chi connectivity index (χ4n) is 1.80. The molecule has 0 aromatic carbocycles. The van der Waals surface area contributed by atoms with Crippen LogP contribution in [0, 0.1) is 5.41 Å². The number of amides is 1. The molecule has 2 atom stereocenters. The number of ether oxygens (including phenoxy) is 1. The highest BCUT2D eigenvalue weighted by atomic mass is 79.9. The minimum atomic E-state index is -0.468. The molecule has 0 spiro atoms. The van der Waals surface area contributed by atoms with Gasteiger partial charge in [-0.25, -0.2) is 0 Å². The molecule has 2 aliphatic rings. The molecule has 0 aliphatic carbocycles. The van der Waals surface area contributed by atoms with Gasteiger partial charge in [-0.05, 0) is 5.57 Å². The Bertz CT molecular complexity index is 430. The van der Waals surface area contributed by atoms with Crippen LogP contribution in [0.4, 0.5) is 0 Å². The number of carbonyl (C=O) groups is 2. The van der Waals surface area contributed by atoms with E-state index in [-0.39, 0.29) is 23.7 Å². The Morgan fingerprint density at radius 3 is 2.84 bits per heavy atom. The lowest BCUT2D eigenvalue weighted by Gasteiger charge is -2.46. The van der Waals surface area contributed by atoms with Crippen LogP contribution in [0.5, 0.6) is 0 Å². The molecule has 1 amide bonds. The van der Waals surface area contributed by atoms with Crippen LogP contribution in [-0.4, -0.2) is 45.8 Å². The number of nitrogens with zero attached hydrogens (tertiary/aromatic N) is 1. The average Bonchev–Trinajstić information content (AvgIpc) is 2.36. The Morgan fingerprint density at radius 2 is 2.26 bits per heavy atom. The predicted octanol–water partition coefficient (Wildman–Crippen LogP) is 2.18. The minimum Gasteiger partial charge on any atom is -0.357 e. The van der Waals surface area contributed by atoms with E-state index < -0.39 is 11.5 Å². The summed E-state index contributed by atoms with van der Waals surface area (Å²) < 4.78 is 5.51. The fraction of sp³-hybridized carbons (Fsp3) is 0.692. The summed E-state index contributed by atoms with van der Waals surface area (Å²) >= 11 is 5.08. The maximum absolute atomic E-state index is 11.9. The number of ketones is 1. The molecule has 1 fully saturated rings. The maximum atomic E-state index is 11.9. The molecule has 6 heteroatoms. The summed E-state index contributed by atoms with van der Waals surface area (Å²) in [5.41, 5.74) is 0.772. The number of β-lactam (4-membered cyclic amide) rings is 1. The summed E-state index contributed by atoms with van der Waals surface area (Å²) in [4.78, 5) is 25.4. The van der Waals surface area contributed by atoms with Crippen molar-refractivity contribution in [2.75, 3.05) is 17.7 Å². The van der Waals surface area contributed by atoms with Crippen molar-refractivity contribution in [3.63, 3.8) is 0 Å². The molecule has 4 nitrogen and oxygen atoms in total. The molecule has 2 rings (SSSR count). The van der Waals surface area contributed by atoms with Crippen LogP contribution in [0.3, 0.4) is 0 Å². The third-order valence-electron chi connectivity index (χ3n) is 3.19. The fourth-order valence-corrected chi connectivity index (χ4v) is 3.66. The predicted molar refractivity (Wildman–Crippen MR) is 79.2 cm³/mol. The number of hydrogen-bond donors (Lipinski definition) is 0. The highest BCUT2D eigenvalue weighted by Crippen LogP contribution is 2.38. The third-order valence-corrected chi connectivity index (χ3v) is 5.27. The minimum absolute atomic E-state index is 0.0137. The van der Waals surface area contributed by atoms with Crippen molar-refractivity contribution in [2.24, 2.45) is 5.41 Å². The molecule has 2 aliphatic heterocycles. The normalized spacial score (nSPS) is 26.6. The van der Waals surface area contributed by atoms with Crippen LogP contribution < -0.4 is 0 Å². The van der Waals surface area contributed by atoms with E-state index in [0.717, 1.165) is 11.1 Å². The Labute approximate surface area is 126 Å². The van der Waals surface area contributed by atoms with Crippen molar-refractivity contribution >= 4 is 39.4 Å². The molecule has 0 saturated carbocycles. The molecule has 19 heavy (non-hydrogen) atoms. The number of Topliss-reactive ketones (excluding diaryl/α,β-unsaturated/α-hetero) is 1. The molecule has 0 radical (unpaired) electrons. The van der Waals surface area contributed by atoms with Gasteiger partial charge < -0.3 is 9.64 Å². The van der Waals surface area contributed by atoms with E-state index in [1.54, 1.807) is 16.7 Å². The van der Waals surface area contributed by atoms with Gasteiger partial charge >= 0.3 is 0 Å². The summed E-state index contributed by atoms with van der Waals surface area (Å²) in [6.45, 7) is 5.58. The van der Waals surface area contributed by atoms with Crippen LogP contribution in [0.25, 0.3) is 0 Å². The lowest BCUT2D eigenvalue weighted by atomic mass is 9.91. The number of thioether (sulfide) groups is 1. The van der Waals surface area contributed by atoms with Gasteiger partial charge in [0.1, 0.15) is 12.0 Å². The Morgan fingerprint density at radius 1 is 1.58 bits per heavy atom. The summed E-state index contributed by atoms with van der Waals surface area (Å²) in [5, 5.41) is 0.813. The first-order chi connectivity index (χ1) is 8.84. The van der Waals surface area contributed by atoms with Crippen LogP contribution in [0.15, 0.2) is 11.8 Å². The van der Waals surface area contributed by atoms with E-state index in [9.17, 15) is 9.59 Å². The van der Waals surface area contributed by atoms with Gasteiger partial charge in [0.15, 0.2) is 11.9 Å². The Kier molecular flexibility index (Phi) is 4.42.